The lowest BCUT2D eigenvalue weighted by atomic mass is 9.92. The molecule has 4 heteroatoms. The van der Waals surface area contributed by atoms with Gasteiger partial charge in [-0.15, -0.1) is 0 Å². The lowest BCUT2D eigenvalue weighted by Gasteiger charge is -2.28. The van der Waals surface area contributed by atoms with Crippen molar-refractivity contribution < 1.29 is 9.53 Å². The normalized spacial score (nSPS) is 26.0. The molecule has 17 heavy (non-hydrogen) atoms. The van der Waals surface area contributed by atoms with Crippen LogP contribution in [0.3, 0.4) is 0 Å². The van der Waals surface area contributed by atoms with E-state index in [0.29, 0.717) is 11.3 Å². The Morgan fingerprint density at radius 3 is 2.65 bits per heavy atom. The van der Waals surface area contributed by atoms with Crippen molar-refractivity contribution in [1.29, 1.82) is 0 Å². The highest BCUT2D eigenvalue weighted by Crippen LogP contribution is 2.53. The number of carbonyl (C=O) groups excluding carboxylic acids is 1. The van der Waals surface area contributed by atoms with Crippen LogP contribution in [0.5, 0.6) is 0 Å². The molecule has 1 saturated carbocycles. The highest BCUT2D eigenvalue weighted by atomic mass is 16.6. The molecule has 4 nitrogen and oxygen atoms in total. The van der Waals surface area contributed by atoms with Crippen LogP contribution < -0.4 is 5.32 Å². The number of nitrogens with zero attached hydrogens (tertiary/aromatic N) is 1. The molecular weight excluding hydrogens is 216 g/mol. The Balaban J connectivity index is 1.84. The maximum absolute atomic E-state index is 11.9. The minimum Gasteiger partial charge on any atom is -0.444 e. The largest absolute Gasteiger partial charge is 0.444 e. The van der Waals surface area contributed by atoms with Gasteiger partial charge in [-0.2, -0.15) is 0 Å². The minimum atomic E-state index is -0.406. The minimum absolute atomic E-state index is 0.208. The predicted molar refractivity (Wildman–Crippen MR) is 66.9 cm³/mol. The summed E-state index contributed by atoms with van der Waals surface area (Å²) in [6.45, 7) is 8.67. The molecular formula is C13H24N2O2. The van der Waals surface area contributed by atoms with Crippen molar-refractivity contribution >= 4 is 6.09 Å². The number of hydrogen-bond donors (Lipinski definition) is 1. The third-order valence-corrected chi connectivity index (χ3v) is 3.83. The monoisotopic (exact) mass is 240 g/mol. The zero-order valence-corrected chi connectivity index (χ0v) is 11.4. The van der Waals surface area contributed by atoms with Crippen LogP contribution in [0.1, 0.15) is 33.6 Å². The van der Waals surface area contributed by atoms with E-state index in [4.69, 9.17) is 4.74 Å². The summed E-state index contributed by atoms with van der Waals surface area (Å²) in [5, 5.41) is 3.44. The molecule has 1 aliphatic heterocycles. The van der Waals surface area contributed by atoms with Crippen LogP contribution in [0.4, 0.5) is 4.79 Å². The lowest BCUT2D eigenvalue weighted by Crippen LogP contribution is -2.38. The van der Waals surface area contributed by atoms with E-state index in [2.05, 4.69) is 5.32 Å². The summed E-state index contributed by atoms with van der Waals surface area (Å²) in [4.78, 5) is 13.6. The first kappa shape index (κ1) is 12.7. The Morgan fingerprint density at radius 1 is 1.47 bits per heavy atom. The Bertz CT molecular complexity index is 305. The molecule has 1 heterocycles. The van der Waals surface area contributed by atoms with Crippen molar-refractivity contribution in [3.8, 4) is 0 Å². The summed E-state index contributed by atoms with van der Waals surface area (Å²) < 4.78 is 5.36. The van der Waals surface area contributed by atoms with Crippen LogP contribution in [0.15, 0.2) is 0 Å². The van der Waals surface area contributed by atoms with Crippen molar-refractivity contribution in [3.63, 3.8) is 0 Å². The van der Waals surface area contributed by atoms with Crippen molar-refractivity contribution in [3.05, 3.63) is 0 Å². The summed E-state index contributed by atoms with van der Waals surface area (Å²) in [6.07, 6.45) is 2.42. The first-order chi connectivity index (χ1) is 7.82. The van der Waals surface area contributed by atoms with E-state index in [0.717, 1.165) is 19.6 Å². The molecule has 1 aliphatic carbocycles. The number of amides is 1. The third kappa shape index (κ3) is 2.92. The summed E-state index contributed by atoms with van der Waals surface area (Å²) in [5.74, 6) is 0.597. The quantitative estimate of drug-likeness (QED) is 0.801. The molecule has 98 valence electrons. The molecule has 0 aromatic rings. The number of ether oxygens (including phenoxy) is 1. The Labute approximate surface area is 104 Å². The van der Waals surface area contributed by atoms with Crippen molar-refractivity contribution in [2.75, 3.05) is 26.7 Å². The second-order valence-corrected chi connectivity index (χ2v) is 6.55. The molecule has 2 fully saturated rings. The molecule has 0 radical (unpaired) electrons. The van der Waals surface area contributed by atoms with Crippen LogP contribution in [-0.2, 0) is 4.74 Å². The van der Waals surface area contributed by atoms with Gasteiger partial charge in [0.1, 0.15) is 5.60 Å². The van der Waals surface area contributed by atoms with Gasteiger partial charge in [0, 0.05) is 26.7 Å². The van der Waals surface area contributed by atoms with E-state index >= 15 is 0 Å². The second kappa shape index (κ2) is 4.16. The van der Waals surface area contributed by atoms with Crippen LogP contribution in [-0.4, -0.2) is 43.3 Å². The van der Waals surface area contributed by atoms with Gasteiger partial charge in [-0.1, -0.05) is 0 Å². The van der Waals surface area contributed by atoms with Crippen molar-refractivity contribution in [2.24, 2.45) is 11.3 Å². The van der Waals surface area contributed by atoms with Gasteiger partial charge < -0.3 is 15.0 Å². The first-order valence-electron chi connectivity index (χ1n) is 6.47. The van der Waals surface area contributed by atoms with E-state index in [1.807, 2.05) is 27.8 Å². The molecule has 0 aromatic carbocycles. The fraction of sp³-hybridized carbons (Fsp3) is 0.923. The molecule has 1 N–H and O–H groups in total. The Kier molecular flexibility index (Phi) is 3.10. The summed E-state index contributed by atoms with van der Waals surface area (Å²) in [6, 6.07) is 0. The van der Waals surface area contributed by atoms with Gasteiger partial charge >= 0.3 is 6.09 Å². The molecule has 1 atom stereocenters. The first-order valence-corrected chi connectivity index (χ1v) is 6.47. The maximum atomic E-state index is 11.9. The lowest BCUT2D eigenvalue weighted by molar-refractivity contribution is 0.0263. The predicted octanol–water partition coefficient (Wildman–Crippen LogP) is 1.85. The number of hydrogen-bond acceptors (Lipinski definition) is 3. The molecule has 2 rings (SSSR count). The zero-order valence-electron chi connectivity index (χ0n) is 11.4. The van der Waals surface area contributed by atoms with Gasteiger partial charge in [0.05, 0.1) is 0 Å². The van der Waals surface area contributed by atoms with Crippen LogP contribution in [0.25, 0.3) is 0 Å². The average molecular weight is 240 g/mol. The number of rotatable bonds is 2. The van der Waals surface area contributed by atoms with E-state index in [-0.39, 0.29) is 6.09 Å². The van der Waals surface area contributed by atoms with Crippen LogP contribution in [0, 0.1) is 11.3 Å². The zero-order chi connectivity index (χ0) is 12.7. The summed E-state index contributed by atoms with van der Waals surface area (Å²) in [5.41, 5.74) is 0.0901. The third-order valence-electron chi connectivity index (χ3n) is 3.83. The van der Waals surface area contributed by atoms with Crippen molar-refractivity contribution in [2.45, 2.75) is 39.2 Å². The van der Waals surface area contributed by atoms with Gasteiger partial charge in [-0.25, -0.2) is 4.79 Å². The van der Waals surface area contributed by atoms with Gasteiger partial charge in [-0.3, -0.25) is 0 Å². The average Bonchev–Trinajstić information content (AvgIpc) is 2.83. The molecule has 0 bridgehead atoms. The maximum Gasteiger partial charge on any atom is 0.410 e. The van der Waals surface area contributed by atoms with Crippen LogP contribution >= 0.6 is 0 Å². The Morgan fingerprint density at radius 2 is 2.12 bits per heavy atom. The van der Waals surface area contributed by atoms with Gasteiger partial charge in [0.15, 0.2) is 0 Å². The van der Waals surface area contributed by atoms with Gasteiger partial charge in [0.25, 0.3) is 0 Å². The van der Waals surface area contributed by atoms with Crippen molar-refractivity contribution in [1.82, 2.24) is 10.2 Å². The Hall–Kier alpha value is -0.770. The smallest absolute Gasteiger partial charge is 0.410 e. The molecule has 1 unspecified atom stereocenters. The molecule has 2 aliphatic rings. The van der Waals surface area contributed by atoms with Crippen LogP contribution in [0.2, 0.25) is 0 Å². The van der Waals surface area contributed by atoms with E-state index < -0.39 is 5.60 Å². The molecule has 1 saturated heterocycles. The van der Waals surface area contributed by atoms with Gasteiger partial charge in [0.2, 0.25) is 0 Å². The summed E-state index contributed by atoms with van der Waals surface area (Å²) >= 11 is 0. The summed E-state index contributed by atoms with van der Waals surface area (Å²) in [7, 11) is 1.84. The molecule has 1 amide bonds. The topological polar surface area (TPSA) is 41.6 Å². The second-order valence-electron chi connectivity index (χ2n) is 6.55. The number of nitrogens with one attached hydrogen (secondary N) is 1. The highest BCUT2D eigenvalue weighted by molar-refractivity contribution is 5.67. The van der Waals surface area contributed by atoms with E-state index in [9.17, 15) is 4.79 Å². The van der Waals surface area contributed by atoms with E-state index in [1.165, 1.54) is 12.8 Å². The highest BCUT2D eigenvalue weighted by Gasteiger charge is 2.52. The fourth-order valence-electron chi connectivity index (χ4n) is 2.60. The fourth-order valence-corrected chi connectivity index (χ4v) is 2.60. The standard InChI is InChI=1S/C13H24N2O2/c1-12(2,3)17-11(16)15(4)8-10-7-14-9-13(10)5-6-13/h10,14H,5-9H2,1-4H3. The van der Waals surface area contributed by atoms with E-state index in [1.54, 1.807) is 4.90 Å². The van der Waals surface area contributed by atoms with Gasteiger partial charge in [-0.05, 0) is 44.9 Å². The number of carbonyl (C=O) groups is 1. The SMILES string of the molecule is CN(CC1CNCC12CC2)C(=O)OC(C)(C)C. The molecule has 1 spiro atoms. The molecule has 0 aromatic heterocycles.